The first kappa shape index (κ1) is 11.7. The van der Waals surface area contributed by atoms with Crippen LogP contribution in [-0.2, 0) is 0 Å². The molecule has 15 heavy (non-hydrogen) atoms. The molecule has 0 amide bonds. The lowest BCUT2D eigenvalue weighted by molar-refractivity contribution is 0.0696. The Morgan fingerprint density at radius 1 is 1.47 bits per heavy atom. The van der Waals surface area contributed by atoms with Crippen LogP contribution in [0.15, 0.2) is 12.1 Å². The minimum absolute atomic E-state index is 0.00281. The largest absolute Gasteiger partial charge is 0.493 e. The fourth-order valence-corrected chi connectivity index (χ4v) is 1.36. The van der Waals surface area contributed by atoms with Gasteiger partial charge in [0.15, 0.2) is 11.5 Å². The summed E-state index contributed by atoms with van der Waals surface area (Å²) < 4.78 is 10.2. The molecule has 0 radical (unpaired) electrons. The molecule has 0 heterocycles. The van der Waals surface area contributed by atoms with Gasteiger partial charge in [-0.2, -0.15) is 0 Å². The quantitative estimate of drug-likeness (QED) is 0.863. The average Bonchev–Trinajstić information content (AvgIpc) is 2.18. The third-order valence-electron chi connectivity index (χ3n) is 1.78. The van der Waals surface area contributed by atoms with Crippen molar-refractivity contribution in [3.63, 3.8) is 0 Å². The van der Waals surface area contributed by atoms with Crippen LogP contribution in [-0.4, -0.2) is 24.8 Å². The number of ether oxygens (including phenoxy) is 2. The van der Waals surface area contributed by atoms with Gasteiger partial charge in [0.1, 0.15) is 0 Å². The molecule has 0 aliphatic rings. The minimum Gasteiger partial charge on any atom is -0.493 e. The standard InChI is InChI=1S/C10H11ClO4/c1-3-15-9-5-7(11)6(10(12)13)4-8(9)14-2/h4-5H,3H2,1-2H3,(H,12,13). The van der Waals surface area contributed by atoms with E-state index in [2.05, 4.69) is 0 Å². The summed E-state index contributed by atoms with van der Waals surface area (Å²) in [6, 6.07) is 2.78. The van der Waals surface area contributed by atoms with Crippen LogP contribution < -0.4 is 9.47 Å². The minimum atomic E-state index is -1.10. The number of aromatic carboxylic acids is 1. The van der Waals surface area contributed by atoms with Gasteiger partial charge in [0, 0.05) is 6.07 Å². The number of carbonyl (C=O) groups is 1. The van der Waals surface area contributed by atoms with Crippen LogP contribution in [0, 0.1) is 0 Å². The summed E-state index contributed by atoms with van der Waals surface area (Å²) in [6.45, 7) is 2.28. The summed E-state index contributed by atoms with van der Waals surface area (Å²) >= 11 is 5.77. The van der Waals surface area contributed by atoms with Gasteiger partial charge in [0.25, 0.3) is 0 Å². The zero-order valence-electron chi connectivity index (χ0n) is 8.41. The Morgan fingerprint density at radius 3 is 2.60 bits per heavy atom. The molecular weight excluding hydrogens is 220 g/mol. The highest BCUT2D eigenvalue weighted by Gasteiger charge is 2.14. The van der Waals surface area contributed by atoms with E-state index in [1.54, 1.807) is 0 Å². The Bertz CT molecular complexity index is 376. The van der Waals surface area contributed by atoms with Crippen LogP contribution in [0.2, 0.25) is 5.02 Å². The van der Waals surface area contributed by atoms with E-state index in [1.807, 2.05) is 6.92 Å². The summed E-state index contributed by atoms with van der Waals surface area (Å²) in [4.78, 5) is 10.8. The lowest BCUT2D eigenvalue weighted by atomic mass is 10.2. The molecule has 1 rings (SSSR count). The molecule has 5 heteroatoms. The highest BCUT2D eigenvalue weighted by molar-refractivity contribution is 6.33. The van der Waals surface area contributed by atoms with E-state index in [0.717, 1.165) is 0 Å². The maximum absolute atomic E-state index is 10.8. The smallest absolute Gasteiger partial charge is 0.337 e. The van der Waals surface area contributed by atoms with E-state index in [-0.39, 0.29) is 10.6 Å². The lowest BCUT2D eigenvalue weighted by Crippen LogP contribution is -2.01. The molecular formula is C10H11ClO4. The SMILES string of the molecule is CCOc1cc(Cl)c(C(=O)O)cc1OC. The molecule has 0 aliphatic carbocycles. The number of benzene rings is 1. The Morgan fingerprint density at radius 2 is 2.13 bits per heavy atom. The van der Waals surface area contributed by atoms with E-state index in [4.69, 9.17) is 26.2 Å². The summed E-state index contributed by atoms with van der Waals surface area (Å²) in [5.41, 5.74) is -0.00281. The van der Waals surface area contributed by atoms with Gasteiger partial charge in [-0.15, -0.1) is 0 Å². The Kier molecular flexibility index (Phi) is 3.80. The number of carboxylic acids is 1. The van der Waals surface area contributed by atoms with Gasteiger partial charge in [-0.3, -0.25) is 0 Å². The van der Waals surface area contributed by atoms with Gasteiger partial charge in [0.05, 0.1) is 24.3 Å². The Balaban J connectivity index is 3.22. The van der Waals surface area contributed by atoms with Gasteiger partial charge in [-0.05, 0) is 13.0 Å². The normalized spacial score (nSPS) is 9.80. The fraction of sp³-hybridized carbons (Fsp3) is 0.300. The van der Waals surface area contributed by atoms with Crippen LogP contribution in [0.25, 0.3) is 0 Å². The highest BCUT2D eigenvalue weighted by atomic mass is 35.5. The van der Waals surface area contributed by atoms with Crippen LogP contribution in [0.5, 0.6) is 11.5 Å². The molecule has 0 spiro atoms. The number of hydrogen-bond acceptors (Lipinski definition) is 3. The van der Waals surface area contributed by atoms with Crippen molar-refractivity contribution in [3.05, 3.63) is 22.7 Å². The van der Waals surface area contributed by atoms with E-state index in [9.17, 15) is 4.79 Å². The molecule has 1 aromatic carbocycles. The molecule has 0 fully saturated rings. The van der Waals surface area contributed by atoms with Crippen molar-refractivity contribution in [2.45, 2.75) is 6.92 Å². The molecule has 0 unspecified atom stereocenters. The van der Waals surface area contributed by atoms with Crippen LogP contribution >= 0.6 is 11.6 Å². The third-order valence-corrected chi connectivity index (χ3v) is 2.10. The number of hydrogen-bond donors (Lipinski definition) is 1. The first-order valence-electron chi connectivity index (χ1n) is 4.33. The number of methoxy groups -OCH3 is 1. The van der Waals surface area contributed by atoms with Crippen molar-refractivity contribution in [2.24, 2.45) is 0 Å². The molecule has 0 bridgehead atoms. The van der Waals surface area contributed by atoms with Gasteiger partial charge in [-0.1, -0.05) is 11.6 Å². The summed E-state index contributed by atoms with van der Waals surface area (Å²) in [6.07, 6.45) is 0. The lowest BCUT2D eigenvalue weighted by Gasteiger charge is -2.10. The van der Waals surface area contributed by atoms with Crippen molar-refractivity contribution < 1.29 is 19.4 Å². The second kappa shape index (κ2) is 4.89. The number of rotatable bonds is 4. The van der Waals surface area contributed by atoms with E-state index in [0.29, 0.717) is 18.1 Å². The Labute approximate surface area is 92.4 Å². The van der Waals surface area contributed by atoms with Gasteiger partial charge in [0.2, 0.25) is 0 Å². The summed E-state index contributed by atoms with van der Waals surface area (Å²) in [5.74, 6) is -0.296. The van der Waals surface area contributed by atoms with Gasteiger partial charge >= 0.3 is 5.97 Å². The zero-order chi connectivity index (χ0) is 11.4. The maximum atomic E-state index is 10.8. The molecule has 0 saturated heterocycles. The zero-order valence-corrected chi connectivity index (χ0v) is 9.17. The van der Waals surface area contributed by atoms with Crippen LogP contribution in [0.3, 0.4) is 0 Å². The maximum Gasteiger partial charge on any atom is 0.337 e. The second-order valence-corrected chi connectivity index (χ2v) is 3.13. The fourth-order valence-electron chi connectivity index (χ4n) is 1.13. The molecule has 0 aliphatic heterocycles. The average molecular weight is 231 g/mol. The summed E-state index contributed by atoms with van der Waals surface area (Å²) in [7, 11) is 1.44. The van der Waals surface area contributed by atoms with Gasteiger partial charge in [-0.25, -0.2) is 4.79 Å². The van der Waals surface area contributed by atoms with Crippen molar-refractivity contribution in [2.75, 3.05) is 13.7 Å². The number of halogens is 1. The molecule has 0 aromatic heterocycles. The first-order valence-corrected chi connectivity index (χ1v) is 4.71. The van der Waals surface area contributed by atoms with Crippen molar-refractivity contribution in [1.29, 1.82) is 0 Å². The van der Waals surface area contributed by atoms with Crippen molar-refractivity contribution in [1.82, 2.24) is 0 Å². The third kappa shape index (κ3) is 2.53. The topological polar surface area (TPSA) is 55.8 Å². The van der Waals surface area contributed by atoms with Crippen LogP contribution in [0.4, 0.5) is 0 Å². The molecule has 0 saturated carbocycles. The van der Waals surface area contributed by atoms with E-state index >= 15 is 0 Å². The second-order valence-electron chi connectivity index (χ2n) is 2.72. The Hall–Kier alpha value is -1.42. The monoisotopic (exact) mass is 230 g/mol. The predicted molar refractivity (Wildman–Crippen MR) is 56.1 cm³/mol. The van der Waals surface area contributed by atoms with Crippen molar-refractivity contribution in [3.8, 4) is 11.5 Å². The van der Waals surface area contributed by atoms with Crippen molar-refractivity contribution >= 4 is 17.6 Å². The number of carboxylic acid groups (broad SMARTS) is 1. The molecule has 0 atom stereocenters. The van der Waals surface area contributed by atoms with E-state index in [1.165, 1.54) is 19.2 Å². The molecule has 1 aromatic rings. The first-order chi connectivity index (χ1) is 7.10. The molecule has 82 valence electrons. The summed E-state index contributed by atoms with van der Waals surface area (Å²) in [5, 5.41) is 8.96. The highest BCUT2D eigenvalue weighted by Crippen LogP contribution is 2.33. The predicted octanol–water partition coefficient (Wildman–Crippen LogP) is 2.45. The molecule has 1 N–H and O–H groups in total. The van der Waals surface area contributed by atoms with Gasteiger partial charge < -0.3 is 14.6 Å². The van der Waals surface area contributed by atoms with E-state index < -0.39 is 5.97 Å². The van der Waals surface area contributed by atoms with Crippen LogP contribution in [0.1, 0.15) is 17.3 Å². The molecule has 4 nitrogen and oxygen atoms in total.